The highest BCUT2D eigenvalue weighted by Crippen LogP contribution is 2.36. The Morgan fingerprint density at radius 1 is 1.28 bits per heavy atom. The van der Waals surface area contributed by atoms with Crippen LogP contribution < -0.4 is 10.6 Å². The topological polar surface area (TPSA) is 60.0 Å². The molecule has 0 saturated carbocycles. The molecule has 0 spiro atoms. The Hall–Kier alpha value is -1.60. The summed E-state index contributed by atoms with van der Waals surface area (Å²) in [6.07, 6.45) is 5.35. The van der Waals surface area contributed by atoms with Gasteiger partial charge in [-0.1, -0.05) is 13.0 Å². The average Bonchev–Trinajstić information content (AvgIpc) is 3.24. The molecular weight excluding hydrogens is 382 g/mol. The van der Waals surface area contributed by atoms with E-state index in [0.29, 0.717) is 30.8 Å². The van der Waals surface area contributed by atoms with Crippen molar-refractivity contribution in [2.75, 3.05) is 46.8 Å². The normalized spacial score (nSPS) is 26.4. The van der Waals surface area contributed by atoms with Crippen molar-refractivity contribution in [3.63, 3.8) is 0 Å². The van der Waals surface area contributed by atoms with Crippen LogP contribution in [0.5, 0.6) is 0 Å². The summed E-state index contributed by atoms with van der Waals surface area (Å²) in [5.74, 6) is 2.23. The van der Waals surface area contributed by atoms with Crippen molar-refractivity contribution in [1.29, 1.82) is 0 Å². The minimum atomic E-state index is 0.256. The zero-order chi connectivity index (χ0) is 20.6. The van der Waals surface area contributed by atoms with Crippen molar-refractivity contribution < 1.29 is 4.79 Å². The Morgan fingerprint density at radius 2 is 2.10 bits per heavy atom. The molecule has 162 valence electrons. The number of guanidine groups is 1. The monoisotopic (exact) mass is 419 g/mol. The Balaban J connectivity index is 1.44. The molecule has 2 saturated heterocycles. The Bertz CT molecular complexity index is 662. The molecule has 1 aromatic heterocycles. The average molecular weight is 420 g/mol. The highest BCUT2D eigenvalue weighted by atomic mass is 32.1. The van der Waals surface area contributed by atoms with E-state index >= 15 is 0 Å². The number of nitrogens with one attached hydrogen (secondary N) is 2. The number of thiophene rings is 1. The number of aliphatic imine (C=N–C) groups is 1. The van der Waals surface area contributed by atoms with E-state index in [1.54, 1.807) is 7.05 Å². The molecule has 1 amide bonds. The summed E-state index contributed by atoms with van der Waals surface area (Å²) in [5, 5.41) is 9.00. The van der Waals surface area contributed by atoms with Gasteiger partial charge in [-0.05, 0) is 62.6 Å². The number of carbonyl (C=O) groups excluding carboxylic acids is 1. The molecule has 1 aromatic rings. The van der Waals surface area contributed by atoms with Crippen LogP contribution in [-0.4, -0.2) is 68.5 Å². The van der Waals surface area contributed by atoms with Gasteiger partial charge in [0.1, 0.15) is 0 Å². The molecule has 7 heteroatoms. The van der Waals surface area contributed by atoms with Crippen LogP contribution >= 0.6 is 11.3 Å². The maximum atomic E-state index is 12.5. The molecule has 2 aliphatic heterocycles. The largest absolute Gasteiger partial charge is 0.356 e. The van der Waals surface area contributed by atoms with Crippen LogP contribution in [0.4, 0.5) is 0 Å². The lowest BCUT2D eigenvalue weighted by Crippen LogP contribution is -2.46. The first-order valence-corrected chi connectivity index (χ1v) is 11.9. The van der Waals surface area contributed by atoms with Gasteiger partial charge in [0.15, 0.2) is 5.96 Å². The Kier molecular flexibility index (Phi) is 8.36. The Morgan fingerprint density at radius 3 is 2.83 bits per heavy atom. The third kappa shape index (κ3) is 6.19. The maximum absolute atomic E-state index is 12.5. The third-order valence-electron chi connectivity index (χ3n) is 6.24. The van der Waals surface area contributed by atoms with Gasteiger partial charge in [0.25, 0.3) is 0 Å². The van der Waals surface area contributed by atoms with Gasteiger partial charge in [-0.2, -0.15) is 0 Å². The van der Waals surface area contributed by atoms with Crippen molar-refractivity contribution in [1.82, 2.24) is 20.4 Å². The smallest absolute Gasteiger partial charge is 0.224 e. The first kappa shape index (κ1) is 22.1. The quantitative estimate of drug-likeness (QED) is 0.550. The van der Waals surface area contributed by atoms with E-state index in [2.05, 4.69) is 52.0 Å². The third-order valence-corrected chi connectivity index (χ3v) is 7.18. The molecule has 29 heavy (non-hydrogen) atoms. The molecule has 2 fully saturated rings. The molecule has 0 aromatic carbocycles. The Labute approximate surface area is 179 Å². The lowest BCUT2D eigenvalue weighted by atomic mass is 9.88. The molecule has 3 heterocycles. The molecule has 3 rings (SSSR count). The van der Waals surface area contributed by atoms with E-state index < -0.39 is 0 Å². The van der Waals surface area contributed by atoms with Crippen LogP contribution in [0.25, 0.3) is 0 Å². The number of nitrogens with zero attached hydrogens (tertiary/aromatic N) is 3. The number of amides is 1. The van der Waals surface area contributed by atoms with Crippen LogP contribution in [0.1, 0.15) is 49.9 Å². The minimum absolute atomic E-state index is 0.256. The number of likely N-dealkylation sites (tertiary alicyclic amines) is 2. The van der Waals surface area contributed by atoms with Gasteiger partial charge >= 0.3 is 0 Å². The molecule has 2 aliphatic rings. The molecule has 3 atom stereocenters. The van der Waals surface area contributed by atoms with Gasteiger partial charge in [0.2, 0.25) is 5.91 Å². The zero-order valence-corrected chi connectivity index (χ0v) is 19.0. The number of hydrogen-bond donors (Lipinski definition) is 2. The van der Waals surface area contributed by atoms with Gasteiger partial charge < -0.3 is 15.5 Å². The van der Waals surface area contributed by atoms with Crippen molar-refractivity contribution in [2.24, 2.45) is 16.8 Å². The summed E-state index contributed by atoms with van der Waals surface area (Å²) >= 11 is 1.85. The molecular formula is C22H37N5OS. The van der Waals surface area contributed by atoms with Gasteiger partial charge in [0, 0.05) is 50.6 Å². The number of hydrogen-bond acceptors (Lipinski definition) is 4. The fourth-order valence-corrected chi connectivity index (χ4v) is 5.68. The van der Waals surface area contributed by atoms with Crippen LogP contribution in [0.3, 0.4) is 0 Å². The van der Waals surface area contributed by atoms with Crippen molar-refractivity contribution in [2.45, 2.75) is 45.1 Å². The summed E-state index contributed by atoms with van der Waals surface area (Å²) in [4.78, 5) is 22.8. The van der Waals surface area contributed by atoms with E-state index in [9.17, 15) is 4.79 Å². The summed E-state index contributed by atoms with van der Waals surface area (Å²) in [5.41, 5.74) is 0. The second-order valence-corrected chi connectivity index (χ2v) is 9.54. The van der Waals surface area contributed by atoms with Crippen LogP contribution in [0, 0.1) is 11.8 Å². The molecule has 0 aliphatic carbocycles. The first-order chi connectivity index (χ1) is 14.1. The van der Waals surface area contributed by atoms with Gasteiger partial charge in [-0.25, -0.2) is 0 Å². The molecule has 2 N–H and O–H groups in total. The van der Waals surface area contributed by atoms with Crippen LogP contribution in [0.15, 0.2) is 22.5 Å². The van der Waals surface area contributed by atoms with E-state index in [0.717, 1.165) is 38.6 Å². The van der Waals surface area contributed by atoms with Gasteiger partial charge in [-0.15, -0.1) is 11.3 Å². The van der Waals surface area contributed by atoms with E-state index in [1.165, 1.54) is 24.1 Å². The molecule has 3 unspecified atom stereocenters. The van der Waals surface area contributed by atoms with Crippen LogP contribution in [0.2, 0.25) is 0 Å². The van der Waals surface area contributed by atoms with E-state index in [4.69, 9.17) is 0 Å². The van der Waals surface area contributed by atoms with Crippen molar-refractivity contribution in [3.05, 3.63) is 22.4 Å². The zero-order valence-electron chi connectivity index (χ0n) is 18.2. The maximum Gasteiger partial charge on any atom is 0.224 e. The predicted molar refractivity (Wildman–Crippen MR) is 121 cm³/mol. The van der Waals surface area contributed by atoms with Crippen molar-refractivity contribution in [3.8, 4) is 0 Å². The number of rotatable bonds is 6. The lowest BCUT2D eigenvalue weighted by molar-refractivity contribution is -0.132. The highest BCUT2D eigenvalue weighted by Gasteiger charge is 2.31. The fraction of sp³-hybridized carbons (Fsp3) is 0.727. The van der Waals surface area contributed by atoms with E-state index in [-0.39, 0.29) is 5.91 Å². The first-order valence-electron chi connectivity index (χ1n) is 11.0. The molecule has 0 bridgehead atoms. The summed E-state index contributed by atoms with van der Waals surface area (Å²) in [6, 6.07) is 4.87. The SMILES string of the molecule is CN=C(NCCC(=O)N1CCCC(C)C1)NCC1CCCN(C)C1c1cccs1. The van der Waals surface area contributed by atoms with Crippen molar-refractivity contribution >= 4 is 23.2 Å². The highest BCUT2D eigenvalue weighted by molar-refractivity contribution is 7.10. The number of carbonyl (C=O) groups is 1. The van der Waals surface area contributed by atoms with Gasteiger partial charge in [-0.3, -0.25) is 14.7 Å². The summed E-state index contributed by atoms with van der Waals surface area (Å²) in [6.45, 7) is 6.73. The van der Waals surface area contributed by atoms with Gasteiger partial charge in [0.05, 0.1) is 0 Å². The second-order valence-electron chi connectivity index (χ2n) is 8.56. The lowest BCUT2D eigenvalue weighted by Gasteiger charge is -2.39. The minimum Gasteiger partial charge on any atom is -0.356 e. The molecule has 0 radical (unpaired) electrons. The summed E-state index contributed by atoms with van der Waals surface area (Å²) < 4.78 is 0. The standard InChI is InChI=1S/C22H37N5OS/c1-17-7-4-13-27(16-17)20(28)10-11-24-22(23-2)25-15-18-8-5-12-26(3)21(18)19-9-6-14-29-19/h6,9,14,17-18,21H,4-5,7-8,10-13,15-16H2,1-3H3,(H2,23,24,25). The summed E-state index contributed by atoms with van der Waals surface area (Å²) in [7, 11) is 4.03. The predicted octanol–water partition coefficient (Wildman–Crippen LogP) is 2.94. The number of piperidine rings is 2. The van der Waals surface area contributed by atoms with Crippen LogP contribution in [-0.2, 0) is 4.79 Å². The molecule has 6 nitrogen and oxygen atoms in total. The fourth-order valence-electron chi connectivity index (χ4n) is 4.69. The van der Waals surface area contributed by atoms with E-state index in [1.807, 2.05) is 16.2 Å². The second kappa shape index (κ2) is 11.0.